The second-order valence-corrected chi connectivity index (χ2v) is 8.82. The van der Waals surface area contributed by atoms with E-state index in [2.05, 4.69) is 28.5 Å². The minimum Gasteiger partial charge on any atom is -0.361 e. The first-order valence-corrected chi connectivity index (χ1v) is 10.8. The fourth-order valence-corrected chi connectivity index (χ4v) is 6.01. The Morgan fingerprint density at radius 2 is 2.22 bits per heavy atom. The Hall–Kier alpha value is -1.07. The molecule has 0 bridgehead atoms. The first-order chi connectivity index (χ1) is 11.3. The van der Waals surface area contributed by atoms with E-state index in [4.69, 9.17) is 0 Å². The van der Waals surface area contributed by atoms with Crippen molar-refractivity contribution in [3.8, 4) is 0 Å². The number of aromatic amines is 1. The zero-order valence-corrected chi connectivity index (χ0v) is 15.0. The number of carbonyl (C=O) groups is 1. The molecule has 1 amide bonds. The summed E-state index contributed by atoms with van der Waals surface area (Å²) in [5.74, 6) is 1.49. The van der Waals surface area contributed by atoms with Gasteiger partial charge in [0.15, 0.2) is 0 Å². The molecule has 1 aliphatic heterocycles. The van der Waals surface area contributed by atoms with Crippen molar-refractivity contribution in [1.82, 2.24) is 10.3 Å². The Kier molecular flexibility index (Phi) is 6.34. The molecule has 2 aromatic rings. The van der Waals surface area contributed by atoms with Gasteiger partial charge < -0.3 is 10.3 Å². The Bertz CT molecular complexity index is 635. The monoisotopic (exact) mass is 348 g/mol. The summed E-state index contributed by atoms with van der Waals surface area (Å²) in [6, 6.07) is 8.30. The van der Waals surface area contributed by atoms with Crippen LogP contribution in [-0.2, 0) is 11.2 Å². The molecule has 3 nitrogen and oxygen atoms in total. The number of hydrogen-bond acceptors (Lipinski definition) is 3. The molecule has 23 heavy (non-hydrogen) atoms. The van der Waals surface area contributed by atoms with E-state index in [-0.39, 0.29) is 5.91 Å². The Morgan fingerprint density at radius 1 is 1.30 bits per heavy atom. The van der Waals surface area contributed by atoms with Crippen molar-refractivity contribution in [2.45, 2.75) is 43.8 Å². The number of rotatable bonds is 8. The van der Waals surface area contributed by atoms with E-state index in [1.807, 2.05) is 33.9 Å². The SMILES string of the molecule is O=C(CCCC[C@@H]1CCSS1)NCCc1c[nH]c2ccccc12. The van der Waals surface area contributed by atoms with E-state index in [0.717, 1.165) is 30.2 Å². The van der Waals surface area contributed by atoms with Crippen molar-refractivity contribution in [1.29, 1.82) is 0 Å². The maximum Gasteiger partial charge on any atom is 0.220 e. The van der Waals surface area contributed by atoms with Crippen LogP contribution in [0.5, 0.6) is 0 Å². The van der Waals surface area contributed by atoms with Gasteiger partial charge in [-0.05, 0) is 37.3 Å². The molecule has 2 N–H and O–H groups in total. The van der Waals surface area contributed by atoms with E-state index in [0.29, 0.717) is 6.42 Å². The number of H-pyrrole nitrogens is 1. The summed E-state index contributed by atoms with van der Waals surface area (Å²) in [6.45, 7) is 0.718. The maximum absolute atomic E-state index is 11.9. The predicted octanol–water partition coefficient (Wildman–Crippen LogP) is 4.54. The van der Waals surface area contributed by atoms with Crippen LogP contribution in [0.3, 0.4) is 0 Å². The number of nitrogens with one attached hydrogen (secondary N) is 2. The van der Waals surface area contributed by atoms with Crippen LogP contribution in [0.15, 0.2) is 30.5 Å². The van der Waals surface area contributed by atoms with Gasteiger partial charge in [0.05, 0.1) is 0 Å². The van der Waals surface area contributed by atoms with Crippen LogP contribution in [-0.4, -0.2) is 28.4 Å². The Balaban J connectivity index is 1.31. The van der Waals surface area contributed by atoms with Gasteiger partial charge >= 0.3 is 0 Å². The number of carbonyl (C=O) groups excluding carboxylic acids is 1. The molecule has 1 aromatic heterocycles. The van der Waals surface area contributed by atoms with E-state index >= 15 is 0 Å². The van der Waals surface area contributed by atoms with E-state index in [1.54, 1.807) is 0 Å². The fraction of sp³-hybridized carbons (Fsp3) is 0.500. The van der Waals surface area contributed by atoms with Crippen molar-refractivity contribution < 1.29 is 4.79 Å². The van der Waals surface area contributed by atoms with Crippen molar-refractivity contribution in [3.63, 3.8) is 0 Å². The molecule has 0 saturated carbocycles. The van der Waals surface area contributed by atoms with Crippen molar-refractivity contribution in [3.05, 3.63) is 36.0 Å². The lowest BCUT2D eigenvalue weighted by Crippen LogP contribution is -2.25. The fourth-order valence-electron chi connectivity index (χ4n) is 2.99. The zero-order chi connectivity index (χ0) is 15.9. The molecule has 0 radical (unpaired) electrons. The molecule has 1 aromatic carbocycles. The van der Waals surface area contributed by atoms with Gasteiger partial charge in [0, 0.05) is 41.1 Å². The molecule has 0 spiro atoms. The van der Waals surface area contributed by atoms with Crippen LogP contribution in [0.1, 0.15) is 37.7 Å². The number of fused-ring (bicyclic) bond motifs is 1. The molecular weight excluding hydrogens is 324 g/mol. The highest BCUT2D eigenvalue weighted by molar-refractivity contribution is 8.77. The topological polar surface area (TPSA) is 44.9 Å². The first-order valence-electron chi connectivity index (χ1n) is 8.43. The number of hydrogen-bond donors (Lipinski definition) is 2. The highest BCUT2D eigenvalue weighted by atomic mass is 33.1. The highest BCUT2D eigenvalue weighted by Gasteiger charge is 2.15. The molecule has 1 atom stereocenters. The quantitative estimate of drug-likeness (QED) is 0.544. The average Bonchev–Trinajstić information content (AvgIpc) is 3.22. The van der Waals surface area contributed by atoms with Gasteiger partial charge in [0.25, 0.3) is 0 Å². The van der Waals surface area contributed by atoms with Gasteiger partial charge in [0.2, 0.25) is 5.91 Å². The van der Waals surface area contributed by atoms with Crippen molar-refractivity contribution in [2.24, 2.45) is 0 Å². The second-order valence-electron chi connectivity index (χ2n) is 6.03. The van der Waals surface area contributed by atoms with Gasteiger partial charge in [-0.2, -0.15) is 0 Å². The molecule has 1 aliphatic rings. The lowest BCUT2D eigenvalue weighted by molar-refractivity contribution is -0.121. The van der Waals surface area contributed by atoms with E-state index in [9.17, 15) is 4.79 Å². The van der Waals surface area contributed by atoms with Gasteiger partial charge in [0.1, 0.15) is 0 Å². The molecule has 0 aliphatic carbocycles. The maximum atomic E-state index is 11.9. The molecule has 0 unspecified atom stereocenters. The number of amides is 1. The van der Waals surface area contributed by atoms with Crippen LogP contribution in [0.25, 0.3) is 10.9 Å². The lowest BCUT2D eigenvalue weighted by Gasteiger charge is -2.07. The summed E-state index contributed by atoms with van der Waals surface area (Å²) in [5.41, 5.74) is 2.44. The van der Waals surface area contributed by atoms with Gasteiger partial charge in [-0.3, -0.25) is 4.79 Å². The normalized spacial score (nSPS) is 17.7. The molecule has 124 valence electrons. The van der Waals surface area contributed by atoms with Crippen LogP contribution >= 0.6 is 21.6 Å². The minimum atomic E-state index is 0.193. The predicted molar refractivity (Wildman–Crippen MR) is 102 cm³/mol. The number of unbranched alkanes of at least 4 members (excludes halogenated alkanes) is 1. The van der Waals surface area contributed by atoms with Crippen LogP contribution in [0.4, 0.5) is 0 Å². The third-order valence-electron chi connectivity index (χ3n) is 4.30. The summed E-state index contributed by atoms with van der Waals surface area (Å²) in [4.78, 5) is 15.2. The van der Waals surface area contributed by atoms with Crippen LogP contribution in [0, 0.1) is 0 Å². The third-order valence-corrected chi connectivity index (χ3v) is 7.31. The zero-order valence-electron chi connectivity index (χ0n) is 13.3. The largest absolute Gasteiger partial charge is 0.361 e. The highest BCUT2D eigenvalue weighted by Crippen LogP contribution is 2.39. The van der Waals surface area contributed by atoms with Crippen LogP contribution < -0.4 is 5.32 Å². The first kappa shape index (κ1) is 16.8. The third kappa shape index (κ3) is 4.95. The summed E-state index contributed by atoms with van der Waals surface area (Å²) < 4.78 is 0. The lowest BCUT2D eigenvalue weighted by atomic mass is 10.1. The van der Waals surface area contributed by atoms with E-state index < -0.39 is 0 Å². The summed E-state index contributed by atoms with van der Waals surface area (Å²) in [6.07, 6.45) is 8.39. The summed E-state index contributed by atoms with van der Waals surface area (Å²) >= 11 is 0. The van der Waals surface area contributed by atoms with Gasteiger partial charge in [-0.15, -0.1) is 0 Å². The number of para-hydroxylation sites is 1. The van der Waals surface area contributed by atoms with Crippen molar-refractivity contribution >= 4 is 38.4 Å². The Labute approximate surface area is 145 Å². The smallest absolute Gasteiger partial charge is 0.220 e. The molecule has 1 fully saturated rings. The summed E-state index contributed by atoms with van der Waals surface area (Å²) in [5, 5.41) is 5.13. The molecule has 5 heteroatoms. The standard InChI is InChI=1S/C18H24N2OS2/c21-18(8-4-1-5-15-10-12-22-23-15)19-11-9-14-13-20-17-7-3-2-6-16(14)17/h2-3,6-7,13,15,20H,1,4-5,8-12H2,(H,19,21)/t15-/m1/s1. The molecule has 3 rings (SSSR count). The van der Waals surface area contributed by atoms with E-state index in [1.165, 1.54) is 36.0 Å². The van der Waals surface area contributed by atoms with Crippen molar-refractivity contribution in [2.75, 3.05) is 12.3 Å². The van der Waals surface area contributed by atoms with Gasteiger partial charge in [-0.25, -0.2) is 0 Å². The second kappa shape index (κ2) is 8.69. The number of aromatic nitrogens is 1. The Morgan fingerprint density at radius 3 is 3.09 bits per heavy atom. The average molecular weight is 349 g/mol. The molecule has 1 saturated heterocycles. The van der Waals surface area contributed by atoms with Gasteiger partial charge in [-0.1, -0.05) is 46.2 Å². The van der Waals surface area contributed by atoms with Crippen LogP contribution in [0.2, 0.25) is 0 Å². The molecular formula is C18H24N2OS2. The number of benzene rings is 1. The molecule has 2 heterocycles. The minimum absolute atomic E-state index is 0.193. The summed E-state index contributed by atoms with van der Waals surface area (Å²) in [7, 11) is 4.02.